The minimum absolute atomic E-state index is 0.212. The smallest absolute Gasteiger partial charge is 0.455 e. The predicted octanol–water partition coefficient (Wildman–Crippen LogP) is 4.13. The van der Waals surface area contributed by atoms with E-state index in [1.54, 1.807) is 62.8 Å². The number of fused-ring (bicyclic) bond motifs is 1. The van der Waals surface area contributed by atoms with Crippen molar-refractivity contribution in [2.45, 2.75) is 12.8 Å². The van der Waals surface area contributed by atoms with Crippen LogP contribution >= 0.6 is 0 Å². The van der Waals surface area contributed by atoms with Gasteiger partial charge in [-0.05, 0) is 37.1 Å². The molecule has 8 heteroatoms. The number of carbonyl (C=O) groups is 2. The molecule has 0 atom stereocenters. The summed E-state index contributed by atoms with van der Waals surface area (Å²) in [5, 5.41) is 1.66. The summed E-state index contributed by atoms with van der Waals surface area (Å²) in [6.07, 6.45) is 2.03. The van der Waals surface area contributed by atoms with Gasteiger partial charge in [0.25, 0.3) is 0 Å². The third kappa shape index (κ3) is 4.12. The Bertz CT molecular complexity index is 1080. The second-order valence-corrected chi connectivity index (χ2v) is 6.75. The molecule has 0 spiro atoms. The summed E-state index contributed by atoms with van der Waals surface area (Å²) < 4.78 is 15.6. The maximum absolute atomic E-state index is 12.6. The highest BCUT2D eigenvalue weighted by Crippen LogP contribution is 2.33. The average Bonchev–Trinajstić information content (AvgIpc) is 3.62. The van der Waals surface area contributed by atoms with Gasteiger partial charge < -0.3 is 19.0 Å². The second-order valence-electron chi connectivity index (χ2n) is 6.75. The second kappa shape index (κ2) is 8.28. The number of ether oxygens (including phenoxy) is 3. The van der Waals surface area contributed by atoms with E-state index in [1.165, 1.54) is 6.20 Å². The van der Waals surface area contributed by atoms with E-state index in [0.29, 0.717) is 22.7 Å². The Morgan fingerprint density at radius 1 is 1.00 bits per heavy atom. The van der Waals surface area contributed by atoms with Gasteiger partial charge in [-0.1, -0.05) is 18.2 Å². The maximum atomic E-state index is 12.6. The van der Waals surface area contributed by atoms with Gasteiger partial charge in [0, 0.05) is 11.5 Å². The number of rotatable bonds is 6. The number of methoxy groups -OCH3 is 2. The van der Waals surface area contributed by atoms with Crippen molar-refractivity contribution in [3.05, 3.63) is 54.7 Å². The molecule has 0 radical (unpaired) electrons. The Kier molecular flexibility index (Phi) is 5.38. The Morgan fingerprint density at radius 2 is 1.70 bits per heavy atom. The molecular weight excluding hydrogens is 388 g/mol. The zero-order valence-corrected chi connectivity index (χ0v) is 16.5. The lowest BCUT2D eigenvalue weighted by Crippen LogP contribution is -2.36. The molecule has 3 aromatic rings. The van der Waals surface area contributed by atoms with Gasteiger partial charge in [0.05, 0.1) is 37.5 Å². The molecule has 154 valence electrons. The van der Waals surface area contributed by atoms with Crippen molar-refractivity contribution >= 4 is 28.7 Å². The molecule has 1 fully saturated rings. The molecule has 1 aliphatic rings. The molecule has 8 nitrogen and oxygen atoms in total. The van der Waals surface area contributed by atoms with Crippen LogP contribution in [-0.4, -0.2) is 31.3 Å². The molecule has 1 aromatic heterocycles. The molecular formula is C22H20N2O6. The standard InChI is InChI=1S/C22H20N2O6/c1-27-19-11-15-10-17(13-23-18(15)12-20(19)28-2)30-24(16-6-4-3-5-7-16)22(26)29-21(25)14-8-9-14/h3-7,10-14H,8-9H2,1-2H3. The summed E-state index contributed by atoms with van der Waals surface area (Å²) in [5.41, 5.74) is 1.08. The number of hydrogen-bond acceptors (Lipinski definition) is 7. The lowest BCUT2D eigenvalue weighted by Gasteiger charge is -2.21. The summed E-state index contributed by atoms with van der Waals surface area (Å²) in [6.45, 7) is 0. The van der Waals surface area contributed by atoms with Crippen LogP contribution in [0.5, 0.6) is 17.2 Å². The molecule has 1 aliphatic carbocycles. The zero-order valence-electron chi connectivity index (χ0n) is 16.5. The quantitative estimate of drug-likeness (QED) is 0.344. The van der Waals surface area contributed by atoms with E-state index in [4.69, 9.17) is 19.0 Å². The van der Waals surface area contributed by atoms with Crippen LogP contribution in [0, 0.1) is 5.92 Å². The summed E-state index contributed by atoms with van der Waals surface area (Å²) >= 11 is 0. The van der Waals surface area contributed by atoms with Crippen LogP contribution in [0.25, 0.3) is 10.9 Å². The minimum atomic E-state index is -0.912. The highest BCUT2D eigenvalue weighted by molar-refractivity contribution is 5.95. The number of hydrogen-bond donors (Lipinski definition) is 0. The molecule has 0 unspecified atom stereocenters. The Morgan fingerprint density at radius 3 is 2.37 bits per heavy atom. The monoisotopic (exact) mass is 408 g/mol. The zero-order chi connectivity index (χ0) is 21.1. The number of nitrogens with zero attached hydrogens (tertiary/aromatic N) is 2. The number of esters is 1. The fraction of sp³-hybridized carbons (Fsp3) is 0.227. The van der Waals surface area contributed by atoms with Crippen LogP contribution in [0.4, 0.5) is 10.5 Å². The SMILES string of the molecule is COc1cc2cc(ON(C(=O)OC(=O)C3CC3)c3ccccc3)cnc2cc1OC. The minimum Gasteiger partial charge on any atom is -0.493 e. The molecule has 1 heterocycles. The van der Waals surface area contributed by atoms with E-state index in [2.05, 4.69) is 4.98 Å². The number of aromatic nitrogens is 1. The van der Waals surface area contributed by atoms with E-state index in [1.807, 2.05) is 0 Å². The topological polar surface area (TPSA) is 87.2 Å². The number of amides is 1. The first-order chi connectivity index (χ1) is 14.6. The Labute approximate surface area is 172 Å². The van der Waals surface area contributed by atoms with E-state index in [-0.39, 0.29) is 11.7 Å². The van der Waals surface area contributed by atoms with E-state index in [0.717, 1.165) is 23.3 Å². The Hall–Kier alpha value is -3.81. The molecule has 0 N–H and O–H groups in total. The van der Waals surface area contributed by atoms with Crippen molar-refractivity contribution in [2.75, 3.05) is 19.3 Å². The first kappa shape index (κ1) is 19.5. The Balaban J connectivity index is 1.63. The molecule has 0 bridgehead atoms. The van der Waals surface area contributed by atoms with E-state index >= 15 is 0 Å². The van der Waals surface area contributed by atoms with Gasteiger partial charge in [0.15, 0.2) is 17.2 Å². The predicted molar refractivity (Wildman–Crippen MR) is 109 cm³/mol. The van der Waals surface area contributed by atoms with E-state index in [9.17, 15) is 9.59 Å². The highest BCUT2D eigenvalue weighted by atomic mass is 16.7. The molecule has 30 heavy (non-hydrogen) atoms. The van der Waals surface area contributed by atoms with Crippen LogP contribution in [0.15, 0.2) is 54.7 Å². The summed E-state index contributed by atoms with van der Waals surface area (Å²) in [6, 6.07) is 13.9. The highest BCUT2D eigenvalue weighted by Gasteiger charge is 2.34. The van der Waals surface area contributed by atoms with Crippen molar-refractivity contribution < 1.29 is 28.6 Å². The molecule has 1 amide bonds. The summed E-state index contributed by atoms with van der Waals surface area (Å²) in [7, 11) is 3.09. The fourth-order valence-corrected chi connectivity index (χ4v) is 2.88. The number of hydroxylamine groups is 1. The number of carbonyl (C=O) groups excluding carboxylic acids is 2. The lowest BCUT2D eigenvalue weighted by atomic mass is 10.2. The van der Waals surface area contributed by atoms with Gasteiger partial charge in [-0.3, -0.25) is 9.78 Å². The van der Waals surface area contributed by atoms with Gasteiger partial charge in [-0.25, -0.2) is 4.79 Å². The normalized spacial score (nSPS) is 12.9. The molecule has 1 saturated carbocycles. The molecule has 2 aromatic carbocycles. The first-order valence-corrected chi connectivity index (χ1v) is 9.39. The number of para-hydroxylation sites is 1. The van der Waals surface area contributed by atoms with Crippen LogP contribution in [0.2, 0.25) is 0 Å². The van der Waals surface area contributed by atoms with Gasteiger partial charge >= 0.3 is 12.1 Å². The number of pyridine rings is 1. The largest absolute Gasteiger partial charge is 0.493 e. The number of benzene rings is 2. The number of anilines is 1. The average molecular weight is 408 g/mol. The van der Waals surface area contributed by atoms with Crippen LogP contribution in [-0.2, 0) is 9.53 Å². The van der Waals surface area contributed by atoms with Gasteiger partial charge in [0.2, 0.25) is 0 Å². The van der Waals surface area contributed by atoms with E-state index < -0.39 is 12.1 Å². The van der Waals surface area contributed by atoms with Gasteiger partial charge in [-0.2, -0.15) is 0 Å². The van der Waals surface area contributed by atoms with Crippen molar-refractivity contribution in [3.8, 4) is 17.2 Å². The molecule has 4 rings (SSSR count). The third-order valence-corrected chi connectivity index (χ3v) is 4.61. The molecule has 0 aliphatic heterocycles. The summed E-state index contributed by atoms with van der Waals surface area (Å²) in [4.78, 5) is 34.7. The van der Waals surface area contributed by atoms with Crippen LogP contribution in [0.1, 0.15) is 12.8 Å². The van der Waals surface area contributed by atoms with Crippen LogP contribution < -0.4 is 19.4 Å². The van der Waals surface area contributed by atoms with Gasteiger partial charge in [-0.15, -0.1) is 5.06 Å². The van der Waals surface area contributed by atoms with Crippen molar-refractivity contribution in [2.24, 2.45) is 5.92 Å². The maximum Gasteiger partial charge on any atom is 0.455 e. The van der Waals surface area contributed by atoms with Crippen LogP contribution in [0.3, 0.4) is 0 Å². The van der Waals surface area contributed by atoms with Gasteiger partial charge in [0.1, 0.15) is 0 Å². The van der Waals surface area contributed by atoms with Crippen molar-refractivity contribution in [1.82, 2.24) is 4.98 Å². The summed E-state index contributed by atoms with van der Waals surface area (Å²) in [5.74, 6) is 0.626. The third-order valence-electron chi connectivity index (χ3n) is 4.61. The first-order valence-electron chi connectivity index (χ1n) is 9.39. The van der Waals surface area contributed by atoms with Crippen molar-refractivity contribution in [3.63, 3.8) is 0 Å². The fourth-order valence-electron chi connectivity index (χ4n) is 2.88. The van der Waals surface area contributed by atoms with Crippen molar-refractivity contribution in [1.29, 1.82) is 0 Å². The lowest BCUT2D eigenvalue weighted by molar-refractivity contribution is -0.138. The molecule has 0 saturated heterocycles.